The van der Waals surface area contributed by atoms with E-state index in [9.17, 15) is 19.8 Å². The summed E-state index contributed by atoms with van der Waals surface area (Å²) in [5, 5.41) is 21.3. The molecule has 168 valence electrons. The van der Waals surface area contributed by atoms with Crippen molar-refractivity contribution >= 4 is 11.9 Å². The molecule has 0 aliphatic carbocycles. The maximum atomic E-state index is 12.5. The van der Waals surface area contributed by atoms with E-state index in [0.717, 1.165) is 12.8 Å². The number of aliphatic hydroxyl groups is 2. The Labute approximate surface area is 183 Å². The Kier molecular flexibility index (Phi) is 10.2. The van der Waals surface area contributed by atoms with E-state index >= 15 is 0 Å². The van der Waals surface area contributed by atoms with E-state index < -0.39 is 36.4 Å². The number of rotatable bonds is 12. The van der Waals surface area contributed by atoms with Gasteiger partial charge in [-0.2, -0.15) is 0 Å². The summed E-state index contributed by atoms with van der Waals surface area (Å²) in [6.45, 7) is 3.94. The van der Waals surface area contributed by atoms with E-state index in [-0.39, 0.29) is 6.42 Å². The Morgan fingerprint density at radius 1 is 0.742 bits per heavy atom. The van der Waals surface area contributed by atoms with Crippen LogP contribution in [0, 0.1) is 5.92 Å². The van der Waals surface area contributed by atoms with Crippen LogP contribution in [0.1, 0.15) is 66.7 Å². The molecular formula is C25H32O6. The van der Waals surface area contributed by atoms with E-state index in [1.165, 1.54) is 0 Å². The molecule has 2 N–H and O–H groups in total. The third kappa shape index (κ3) is 7.81. The molecule has 2 aromatic rings. The van der Waals surface area contributed by atoms with Gasteiger partial charge < -0.3 is 19.7 Å². The zero-order chi connectivity index (χ0) is 22.6. The first kappa shape index (κ1) is 24.6. The van der Waals surface area contributed by atoms with Gasteiger partial charge in [0.25, 0.3) is 6.29 Å². The summed E-state index contributed by atoms with van der Waals surface area (Å²) in [5.41, 5.74) is 0.628. The van der Waals surface area contributed by atoms with Crippen LogP contribution in [0.4, 0.5) is 0 Å². The molecule has 0 spiro atoms. The van der Waals surface area contributed by atoms with Crippen molar-refractivity contribution in [2.75, 3.05) is 0 Å². The van der Waals surface area contributed by atoms with Gasteiger partial charge in [-0.05, 0) is 37.1 Å². The van der Waals surface area contributed by atoms with Gasteiger partial charge in [-0.3, -0.25) is 0 Å². The van der Waals surface area contributed by atoms with Crippen molar-refractivity contribution in [3.8, 4) is 0 Å². The molecule has 0 heterocycles. The standard InChI is InChI=1S/C25H32O6/c1-3-11-20(21(26)12-4-2)22(27)17-23(30-24(28)18-13-7-5-8-14-18)31-25(29)19-15-9-6-10-16-19/h5-10,13-16,20-23,26-27H,3-4,11-12,17H2,1-2H3. The minimum Gasteiger partial charge on any atom is -0.421 e. The van der Waals surface area contributed by atoms with Gasteiger partial charge in [-0.25, -0.2) is 9.59 Å². The fourth-order valence-electron chi connectivity index (χ4n) is 3.50. The lowest BCUT2D eigenvalue weighted by molar-refractivity contribution is -0.110. The van der Waals surface area contributed by atoms with Gasteiger partial charge in [-0.15, -0.1) is 0 Å². The highest BCUT2D eigenvalue weighted by molar-refractivity contribution is 5.90. The molecule has 0 saturated carbocycles. The zero-order valence-electron chi connectivity index (χ0n) is 18.1. The van der Waals surface area contributed by atoms with Crippen LogP contribution in [0.25, 0.3) is 0 Å². The second-order valence-corrected chi connectivity index (χ2v) is 7.58. The molecular weight excluding hydrogens is 396 g/mol. The number of aliphatic hydroxyl groups excluding tert-OH is 2. The van der Waals surface area contributed by atoms with E-state index in [0.29, 0.717) is 24.0 Å². The van der Waals surface area contributed by atoms with Gasteiger partial charge in [0.2, 0.25) is 0 Å². The molecule has 3 atom stereocenters. The molecule has 6 heteroatoms. The van der Waals surface area contributed by atoms with Gasteiger partial charge in [0.05, 0.1) is 23.3 Å². The average molecular weight is 429 g/mol. The first-order chi connectivity index (χ1) is 15.0. The SMILES string of the molecule is CCCC(O)C(CCC)C(O)CC(OC(=O)c1ccccc1)OC(=O)c1ccccc1. The summed E-state index contributed by atoms with van der Waals surface area (Å²) >= 11 is 0. The third-order valence-corrected chi connectivity index (χ3v) is 5.12. The summed E-state index contributed by atoms with van der Waals surface area (Å²) < 4.78 is 10.9. The number of hydrogen-bond acceptors (Lipinski definition) is 6. The number of ether oxygens (including phenoxy) is 2. The van der Waals surface area contributed by atoms with Crippen LogP contribution in [0.15, 0.2) is 60.7 Å². The number of hydrogen-bond donors (Lipinski definition) is 2. The van der Waals surface area contributed by atoms with Crippen molar-refractivity contribution < 1.29 is 29.3 Å². The number of carbonyl (C=O) groups is 2. The molecule has 31 heavy (non-hydrogen) atoms. The first-order valence-corrected chi connectivity index (χ1v) is 10.8. The molecule has 0 aliphatic heterocycles. The van der Waals surface area contributed by atoms with Crippen LogP contribution in [-0.4, -0.2) is 40.6 Å². The first-order valence-electron chi connectivity index (χ1n) is 10.8. The molecule has 0 aliphatic rings. The van der Waals surface area contributed by atoms with Crippen LogP contribution >= 0.6 is 0 Å². The molecule has 0 fully saturated rings. The second-order valence-electron chi connectivity index (χ2n) is 7.58. The second kappa shape index (κ2) is 12.9. The topological polar surface area (TPSA) is 93.1 Å². The van der Waals surface area contributed by atoms with Crippen LogP contribution in [0.5, 0.6) is 0 Å². The summed E-state index contributed by atoms with van der Waals surface area (Å²) in [4.78, 5) is 25.1. The maximum absolute atomic E-state index is 12.5. The lowest BCUT2D eigenvalue weighted by atomic mass is 9.87. The Bertz CT molecular complexity index is 739. The summed E-state index contributed by atoms with van der Waals surface area (Å²) in [7, 11) is 0. The number of carbonyl (C=O) groups excluding carboxylic acids is 2. The van der Waals surface area contributed by atoms with Crippen molar-refractivity contribution in [2.45, 2.75) is 64.4 Å². The van der Waals surface area contributed by atoms with Crippen molar-refractivity contribution in [3.63, 3.8) is 0 Å². The number of esters is 2. The van der Waals surface area contributed by atoms with Crippen LogP contribution < -0.4 is 0 Å². The molecule has 2 aromatic carbocycles. The predicted octanol–water partition coefficient (Wildman–Crippen LogP) is 4.35. The van der Waals surface area contributed by atoms with Crippen molar-refractivity contribution in [2.24, 2.45) is 5.92 Å². The average Bonchev–Trinajstić information content (AvgIpc) is 2.78. The highest BCUT2D eigenvalue weighted by atomic mass is 16.7. The van der Waals surface area contributed by atoms with Crippen LogP contribution in [0.2, 0.25) is 0 Å². The molecule has 3 unspecified atom stereocenters. The van der Waals surface area contributed by atoms with Gasteiger partial charge in [-0.1, -0.05) is 63.1 Å². The van der Waals surface area contributed by atoms with Gasteiger partial charge in [0.1, 0.15) is 0 Å². The maximum Gasteiger partial charge on any atom is 0.341 e. The lowest BCUT2D eigenvalue weighted by Gasteiger charge is -2.29. The summed E-state index contributed by atoms with van der Waals surface area (Å²) in [6.07, 6.45) is -0.376. The molecule has 0 saturated heterocycles. The fourth-order valence-corrected chi connectivity index (χ4v) is 3.50. The quantitative estimate of drug-likeness (QED) is 0.386. The van der Waals surface area contributed by atoms with Crippen molar-refractivity contribution in [1.29, 1.82) is 0 Å². The Balaban J connectivity index is 2.16. The van der Waals surface area contributed by atoms with Crippen LogP contribution in [-0.2, 0) is 9.47 Å². The smallest absolute Gasteiger partial charge is 0.341 e. The predicted molar refractivity (Wildman–Crippen MR) is 117 cm³/mol. The fraction of sp³-hybridized carbons (Fsp3) is 0.440. The highest BCUT2D eigenvalue weighted by Gasteiger charge is 2.31. The Morgan fingerprint density at radius 3 is 1.61 bits per heavy atom. The summed E-state index contributed by atoms with van der Waals surface area (Å²) in [5.74, 6) is -1.71. The third-order valence-electron chi connectivity index (χ3n) is 5.12. The van der Waals surface area contributed by atoms with Crippen molar-refractivity contribution in [3.05, 3.63) is 71.8 Å². The van der Waals surface area contributed by atoms with E-state index in [4.69, 9.17) is 9.47 Å². The van der Waals surface area contributed by atoms with Crippen LogP contribution in [0.3, 0.4) is 0 Å². The van der Waals surface area contributed by atoms with E-state index in [1.54, 1.807) is 60.7 Å². The van der Waals surface area contributed by atoms with Gasteiger partial charge in [0.15, 0.2) is 0 Å². The monoisotopic (exact) mass is 428 g/mol. The summed E-state index contributed by atoms with van der Waals surface area (Å²) in [6, 6.07) is 16.8. The largest absolute Gasteiger partial charge is 0.421 e. The molecule has 0 radical (unpaired) electrons. The normalized spacial score (nSPS) is 14.0. The Morgan fingerprint density at radius 2 is 1.19 bits per heavy atom. The highest BCUT2D eigenvalue weighted by Crippen LogP contribution is 2.24. The molecule has 6 nitrogen and oxygen atoms in total. The minimum atomic E-state index is -1.29. The van der Waals surface area contributed by atoms with Crippen molar-refractivity contribution in [1.82, 2.24) is 0 Å². The molecule has 0 amide bonds. The lowest BCUT2D eigenvalue weighted by Crippen LogP contribution is -2.37. The Hall–Kier alpha value is -2.70. The molecule has 2 rings (SSSR count). The van der Waals surface area contributed by atoms with E-state index in [1.807, 2.05) is 13.8 Å². The molecule has 0 bridgehead atoms. The minimum absolute atomic E-state index is 0.122. The molecule has 0 aromatic heterocycles. The van der Waals surface area contributed by atoms with E-state index in [2.05, 4.69) is 0 Å². The number of benzene rings is 2. The zero-order valence-corrected chi connectivity index (χ0v) is 18.1. The van der Waals surface area contributed by atoms with Gasteiger partial charge >= 0.3 is 11.9 Å². The van der Waals surface area contributed by atoms with Gasteiger partial charge in [0, 0.05) is 12.3 Å².